The topological polar surface area (TPSA) is 121 Å². The molecule has 0 unspecified atom stereocenters. The highest BCUT2D eigenvalue weighted by atomic mass is 16.5. The van der Waals surface area contributed by atoms with Gasteiger partial charge in [-0.1, -0.05) is 6.07 Å². The maximum Gasteiger partial charge on any atom is 0.203 e. The zero-order valence-corrected chi connectivity index (χ0v) is 17.0. The van der Waals surface area contributed by atoms with Crippen LogP contribution in [0.4, 0.5) is 5.69 Å². The molecule has 0 bridgehead atoms. The minimum absolute atomic E-state index is 0.0261. The highest BCUT2D eigenvalue weighted by Crippen LogP contribution is 2.50. The van der Waals surface area contributed by atoms with E-state index in [0.29, 0.717) is 35.8 Å². The summed E-state index contributed by atoms with van der Waals surface area (Å²) >= 11 is 0. The molecule has 1 atom stereocenters. The predicted octanol–water partition coefficient (Wildman–Crippen LogP) is 2.04. The van der Waals surface area contributed by atoms with Crippen LogP contribution in [-0.2, 0) is 6.42 Å². The molecule has 1 aliphatic carbocycles. The van der Waals surface area contributed by atoms with E-state index in [9.17, 15) is 4.79 Å². The molecule has 8 nitrogen and oxygen atoms in total. The van der Waals surface area contributed by atoms with Gasteiger partial charge in [0, 0.05) is 12.6 Å². The number of anilines is 1. The highest BCUT2D eigenvalue weighted by molar-refractivity contribution is 5.83. The standard InChI is InChI=1S/C21H26N4O4/c1-24-15-8-6-12-13(10-16(15)26)14(25-21(22)23)7-5-11-9-17(27-2)19(28-3)20(29-4)18(11)12/h6,8-10,14H,5,7H2,1-4H3,(H,24,26)(H4,22,23,25)/t14-/m0/s1. The summed E-state index contributed by atoms with van der Waals surface area (Å²) < 4.78 is 16.8. The summed E-state index contributed by atoms with van der Waals surface area (Å²) in [6.45, 7) is 0. The molecular weight excluding hydrogens is 372 g/mol. The molecule has 1 aliphatic rings. The van der Waals surface area contributed by atoms with Crippen molar-refractivity contribution < 1.29 is 14.2 Å². The Labute approximate surface area is 169 Å². The molecule has 2 aromatic carbocycles. The van der Waals surface area contributed by atoms with Crippen molar-refractivity contribution in [2.75, 3.05) is 33.7 Å². The Balaban J connectivity index is 2.45. The molecule has 2 aromatic rings. The summed E-state index contributed by atoms with van der Waals surface area (Å²) in [5.74, 6) is 1.58. The van der Waals surface area contributed by atoms with E-state index in [4.69, 9.17) is 25.7 Å². The molecule has 0 aliphatic heterocycles. The number of hydrogen-bond donors (Lipinski definition) is 3. The van der Waals surface area contributed by atoms with Crippen LogP contribution in [0.1, 0.15) is 23.6 Å². The Morgan fingerprint density at radius 1 is 1.10 bits per heavy atom. The van der Waals surface area contributed by atoms with E-state index in [0.717, 1.165) is 22.3 Å². The van der Waals surface area contributed by atoms with Crippen LogP contribution in [0.15, 0.2) is 34.1 Å². The summed E-state index contributed by atoms with van der Waals surface area (Å²) in [6.07, 6.45) is 1.29. The minimum atomic E-state index is -0.367. The van der Waals surface area contributed by atoms with Crippen LogP contribution in [0.3, 0.4) is 0 Å². The third-order valence-electron chi connectivity index (χ3n) is 5.08. The summed E-state index contributed by atoms with van der Waals surface area (Å²) in [5, 5.41) is 2.93. The number of nitrogens with one attached hydrogen (secondary N) is 1. The first-order valence-corrected chi connectivity index (χ1v) is 9.22. The number of aryl methyl sites for hydroxylation is 1. The zero-order chi connectivity index (χ0) is 21.1. The highest BCUT2D eigenvalue weighted by Gasteiger charge is 2.29. The van der Waals surface area contributed by atoms with Gasteiger partial charge < -0.3 is 31.0 Å². The first kappa shape index (κ1) is 20.3. The molecule has 0 amide bonds. The van der Waals surface area contributed by atoms with Crippen molar-refractivity contribution in [2.45, 2.75) is 18.9 Å². The number of rotatable bonds is 5. The Hall–Kier alpha value is -3.42. The summed E-state index contributed by atoms with van der Waals surface area (Å²) in [4.78, 5) is 17.1. The van der Waals surface area contributed by atoms with Gasteiger partial charge in [0.2, 0.25) is 11.2 Å². The number of hydrogen-bond acceptors (Lipinski definition) is 6. The minimum Gasteiger partial charge on any atom is -0.493 e. The molecule has 0 radical (unpaired) electrons. The smallest absolute Gasteiger partial charge is 0.203 e. The van der Waals surface area contributed by atoms with Gasteiger partial charge >= 0.3 is 0 Å². The van der Waals surface area contributed by atoms with Gasteiger partial charge in [-0.15, -0.1) is 0 Å². The molecule has 29 heavy (non-hydrogen) atoms. The Morgan fingerprint density at radius 3 is 2.41 bits per heavy atom. The van der Waals surface area contributed by atoms with Gasteiger partial charge in [0.1, 0.15) is 0 Å². The molecule has 0 saturated heterocycles. The molecule has 0 spiro atoms. The number of nitrogens with two attached hydrogens (primary N) is 2. The Kier molecular flexibility index (Phi) is 5.81. The average molecular weight is 398 g/mol. The monoisotopic (exact) mass is 398 g/mol. The van der Waals surface area contributed by atoms with Crippen LogP contribution in [0, 0.1) is 0 Å². The van der Waals surface area contributed by atoms with Gasteiger partial charge in [0.05, 0.1) is 33.1 Å². The molecule has 5 N–H and O–H groups in total. The van der Waals surface area contributed by atoms with Crippen LogP contribution in [0.25, 0.3) is 11.1 Å². The van der Waals surface area contributed by atoms with E-state index in [1.165, 1.54) is 0 Å². The van der Waals surface area contributed by atoms with Crippen molar-refractivity contribution in [1.82, 2.24) is 0 Å². The SMILES string of the molecule is CNc1ccc2c(cc1=O)[C@@H](N=C(N)N)CCc1cc(OC)c(OC)c(OC)c1-2. The maximum absolute atomic E-state index is 12.7. The van der Waals surface area contributed by atoms with E-state index in [1.807, 2.05) is 12.1 Å². The lowest BCUT2D eigenvalue weighted by Gasteiger charge is -2.19. The third-order valence-corrected chi connectivity index (χ3v) is 5.08. The number of fused-ring (bicyclic) bond motifs is 3. The quantitative estimate of drug-likeness (QED) is 0.520. The van der Waals surface area contributed by atoms with E-state index in [-0.39, 0.29) is 17.4 Å². The van der Waals surface area contributed by atoms with E-state index < -0.39 is 0 Å². The fourth-order valence-corrected chi connectivity index (χ4v) is 3.81. The number of nitrogens with zero attached hydrogens (tertiary/aromatic N) is 1. The molecule has 3 rings (SSSR count). The summed E-state index contributed by atoms with van der Waals surface area (Å²) in [6, 6.07) is 6.79. The van der Waals surface area contributed by atoms with Crippen molar-refractivity contribution in [3.05, 3.63) is 45.6 Å². The van der Waals surface area contributed by atoms with Crippen LogP contribution >= 0.6 is 0 Å². The Bertz CT molecular complexity index is 1020. The number of methoxy groups -OCH3 is 3. The van der Waals surface area contributed by atoms with E-state index in [2.05, 4.69) is 10.3 Å². The number of aliphatic imine (C=N–C) groups is 1. The normalized spacial score (nSPS) is 14.7. The zero-order valence-electron chi connectivity index (χ0n) is 17.0. The lowest BCUT2D eigenvalue weighted by atomic mass is 9.95. The molecule has 0 saturated carbocycles. The van der Waals surface area contributed by atoms with Crippen LogP contribution in [0.5, 0.6) is 17.2 Å². The van der Waals surface area contributed by atoms with Crippen molar-refractivity contribution in [1.29, 1.82) is 0 Å². The van der Waals surface area contributed by atoms with Crippen molar-refractivity contribution in [3.63, 3.8) is 0 Å². The van der Waals surface area contributed by atoms with Gasteiger partial charge in [0.25, 0.3) is 0 Å². The maximum atomic E-state index is 12.7. The van der Waals surface area contributed by atoms with Crippen LogP contribution in [-0.4, -0.2) is 34.3 Å². The summed E-state index contributed by atoms with van der Waals surface area (Å²) in [5.41, 5.74) is 15.1. The second-order valence-electron chi connectivity index (χ2n) is 6.66. The predicted molar refractivity (Wildman–Crippen MR) is 114 cm³/mol. The van der Waals surface area contributed by atoms with Crippen molar-refractivity contribution in [3.8, 4) is 28.4 Å². The van der Waals surface area contributed by atoms with Gasteiger partial charge in [0.15, 0.2) is 17.5 Å². The van der Waals surface area contributed by atoms with Crippen LogP contribution in [0.2, 0.25) is 0 Å². The number of benzene rings is 1. The molecule has 0 heterocycles. The molecule has 0 aromatic heterocycles. The van der Waals surface area contributed by atoms with Gasteiger partial charge in [-0.3, -0.25) is 4.79 Å². The van der Waals surface area contributed by atoms with Gasteiger partial charge in [-0.25, -0.2) is 4.99 Å². The second kappa shape index (κ2) is 8.30. The van der Waals surface area contributed by atoms with E-state index >= 15 is 0 Å². The van der Waals surface area contributed by atoms with E-state index in [1.54, 1.807) is 40.5 Å². The fourth-order valence-electron chi connectivity index (χ4n) is 3.81. The molecule has 8 heteroatoms. The molecular formula is C21H26N4O4. The average Bonchev–Trinajstić information content (AvgIpc) is 2.95. The Morgan fingerprint density at radius 2 is 1.83 bits per heavy atom. The molecule has 154 valence electrons. The fraction of sp³-hybridized carbons (Fsp3) is 0.333. The largest absolute Gasteiger partial charge is 0.493 e. The number of guanidine groups is 1. The van der Waals surface area contributed by atoms with Crippen molar-refractivity contribution in [2.24, 2.45) is 16.5 Å². The first-order chi connectivity index (χ1) is 13.9. The lowest BCUT2D eigenvalue weighted by molar-refractivity contribution is 0.324. The first-order valence-electron chi connectivity index (χ1n) is 9.22. The lowest BCUT2D eigenvalue weighted by Crippen LogP contribution is -2.24. The number of ether oxygens (including phenoxy) is 3. The molecule has 0 fully saturated rings. The van der Waals surface area contributed by atoms with Crippen molar-refractivity contribution >= 4 is 11.6 Å². The third kappa shape index (κ3) is 3.65. The van der Waals surface area contributed by atoms with Gasteiger partial charge in [-0.05, 0) is 47.7 Å². The second-order valence-corrected chi connectivity index (χ2v) is 6.66. The van der Waals surface area contributed by atoms with Crippen LogP contribution < -0.4 is 36.4 Å². The van der Waals surface area contributed by atoms with Gasteiger partial charge in [-0.2, -0.15) is 0 Å². The summed E-state index contributed by atoms with van der Waals surface area (Å²) in [7, 11) is 6.43.